The van der Waals surface area contributed by atoms with Crippen LogP contribution in [-0.4, -0.2) is 68.2 Å². The van der Waals surface area contributed by atoms with Crippen molar-refractivity contribution < 1.29 is 14.3 Å². The lowest BCUT2D eigenvalue weighted by molar-refractivity contribution is -0.135. The third-order valence-corrected chi connectivity index (χ3v) is 4.26. The number of likely N-dealkylation sites (N-methyl/N-ethyl adjacent to an activating group) is 1. The summed E-state index contributed by atoms with van der Waals surface area (Å²) < 4.78 is 11.6. The first-order valence-electron chi connectivity index (χ1n) is 9.00. The molecule has 1 aromatic rings. The Morgan fingerprint density at radius 2 is 2.12 bits per heavy atom. The number of rotatable bonds is 7. The second-order valence-electron chi connectivity index (χ2n) is 6.80. The molecule has 1 unspecified atom stereocenters. The molecule has 1 aromatic carbocycles. The van der Waals surface area contributed by atoms with Crippen LogP contribution in [0.3, 0.4) is 0 Å². The van der Waals surface area contributed by atoms with Gasteiger partial charge in [0.05, 0.1) is 6.61 Å². The highest BCUT2D eigenvalue weighted by Crippen LogP contribution is 2.30. The van der Waals surface area contributed by atoms with Crippen molar-refractivity contribution in [2.24, 2.45) is 0 Å². The van der Waals surface area contributed by atoms with Gasteiger partial charge in [0, 0.05) is 46.3 Å². The van der Waals surface area contributed by atoms with E-state index >= 15 is 0 Å². The molecule has 7 heteroatoms. The molecule has 0 aromatic heterocycles. The standard InChI is InChI=1S/C19H31N3O3.ClH/c1-6-24-18-11-16(13-22-10-9-20-14(2)12-22)7-8-17(18)25-15(3)19(23)21(4)5;/h7-8,11,14-15,20H,6,9-10,12-13H2,1-5H3;1H/t14-,15?;/m0./s1. The van der Waals surface area contributed by atoms with Crippen molar-refractivity contribution in [2.75, 3.05) is 40.3 Å². The number of benzene rings is 1. The van der Waals surface area contributed by atoms with Gasteiger partial charge in [0.1, 0.15) is 0 Å². The van der Waals surface area contributed by atoms with Gasteiger partial charge in [-0.15, -0.1) is 12.4 Å². The van der Waals surface area contributed by atoms with Crippen LogP contribution < -0.4 is 14.8 Å². The number of halogens is 1. The maximum absolute atomic E-state index is 12.0. The molecule has 1 N–H and O–H groups in total. The first-order chi connectivity index (χ1) is 11.9. The normalized spacial score (nSPS) is 18.6. The summed E-state index contributed by atoms with van der Waals surface area (Å²) in [5.41, 5.74) is 1.19. The highest BCUT2D eigenvalue weighted by molar-refractivity contribution is 5.85. The summed E-state index contributed by atoms with van der Waals surface area (Å²) >= 11 is 0. The number of nitrogens with one attached hydrogen (secondary N) is 1. The molecule has 0 saturated carbocycles. The molecule has 1 heterocycles. The Hall–Kier alpha value is -1.50. The van der Waals surface area contributed by atoms with E-state index in [1.54, 1.807) is 21.0 Å². The van der Waals surface area contributed by atoms with E-state index in [1.807, 2.05) is 19.1 Å². The predicted octanol–water partition coefficient (Wildman–Crippen LogP) is 2.16. The van der Waals surface area contributed by atoms with E-state index in [2.05, 4.69) is 23.2 Å². The van der Waals surface area contributed by atoms with E-state index in [0.29, 0.717) is 24.1 Å². The van der Waals surface area contributed by atoms with Crippen molar-refractivity contribution in [3.63, 3.8) is 0 Å². The van der Waals surface area contributed by atoms with Crippen molar-refractivity contribution >= 4 is 18.3 Å². The van der Waals surface area contributed by atoms with Gasteiger partial charge in [-0.1, -0.05) is 6.07 Å². The van der Waals surface area contributed by atoms with Gasteiger partial charge in [-0.3, -0.25) is 9.69 Å². The van der Waals surface area contributed by atoms with Gasteiger partial charge < -0.3 is 19.7 Å². The number of piperazine rings is 1. The molecule has 1 aliphatic rings. The Morgan fingerprint density at radius 1 is 1.38 bits per heavy atom. The molecule has 1 amide bonds. The largest absolute Gasteiger partial charge is 0.490 e. The van der Waals surface area contributed by atoms with Crippen LogP contribution in [0.2, 0.25) is 0 Å². The van der Waals surface area contributed by atoms with Gasteiger partial charge in [-0.25, -0.2) is 0 Å². The molecule has 2 rings (SSSR count). The van der Waals surface area contributed by atoms with Crippen molar-refractivity contribution in [2.45, 2.75) is 39.5 Å². The van der Waals surface area contributed by atoms with Gasteiger partial charge in [0.15, 0.2) is 17.6 Å². The number of carbonyl (C=O) groups excluding carboxylic acids is 1. The van der Waals surface area contributed by atoms with Gasteiger partial charge in [0.2, 0.25) is 0 Å². The van der Waals surface area contributed by atoms with Crippen molar-refractivity contribution in [1.82, 2.24) is 15.1 Å². The minimum absolute atomic E-state index is 0. The lowest BCUT2D eigenvalue weighted by atomic mass is 10.1. The minimum atomic E-state index is -0.547. The fourth-order valence-corrected chi connectivity index (χ4v) is 3.03. The second-order valence-corrected chi connectivity index (χ2v) is 6.80. The Bertz CT molecular complexity index is 583. The summed E-state index contributed by atoms with van der Waals surface area (Å²) in [5, 5.41) is 3.46. The number of carbonyl (C=O) groups is 1. The fourth-order valence-electron chi connectivity index (χ4n) is 3.03. The number of amides is 1. The summed E-state index contributed by atoms with van der Waals surface area (Å²) in [5.74, 6) is 1.24. The maximum Gasteiger partial charge on any atom is 0.262 e. The zero-order chi connectivity index (χ0) is 18.4. The molecule has 1 saturated heterocycles. The smallest absolute Gasteiger partial charge is 0.262 e. The van der Waals surface area contributed by atoms with E-state index in [9.17, 15) is 4.79 Å². The average molecular weight is 386 g/mol. The van der Waals surface area contributed by atoms with Crippen LogP contribution in [0.1, 0.15) is 26.3 Å². The number of hydrogen-bond donors (Lipinski definition) is 1. The zero-order valence-corrected chi connectivity index (χ0v) is 17.3. The maximum atomic E-state index is 12.0. The van der Waals surface area contributed by atoms with Crippen molar-refractivity contribution in [1.29, 1.82) is 0 Å². The van der Waals surface area contributed by atoms with Gasteiger partial charge >= 0.3 is 0 Å². The minimum Gasteiger partial charge on any atom is -0.490 e. The van der Waals surface area contributed by atoms with Crippen LogP contribution in [0, 0.1) is 0 Å². The molecular formula is C19H32ClN3O3. The van der Waals surface area contributed by atoms with E-state index < -0.39 is 6.10 Å². The number of ether oxygens (including phenoxy) is 2. The first kappa shape index (κ1) is 22.5. The third kappa shape index (κ3) is 6.34. The van der Waals surface area contributed by atoms with E-state index in [-0.39, 0.29) is 18.3 Å². The monoisotopic (exact) mass is 385 g/mol. The van der Waals surface area contributed by atoms with Crippen LogP contribution in [0.25, 0.3) is 0 Å². The molecule has 26 heavy (non-hydrogen) atoms. The number of nitrogens with zero attached hydrogens (tertiary/aromatic N) is 2. The zero-order valence-electron chi connectivity index (χ0n) is 16.4. The molecule has 0 aliphatic carbocycles. The molecule has 1 aliphatic heterocycles. The molecule has 0 bridgehead atoms. The summed E-state index contributed by atoms with van der Waals surface area (Å²) in [6.07, 6.45) is -0.547. The Labute approximate surface area is 163 Å². The molecule has 2 atom stereocenters. The summed E-state index contributed by atoms with van der Waals surface area (Å²) in [6.45, 7) is 10.5. The van der Waals surface area contributed by atoms with Crippen LogP contribution in [0.15, 0.2) is 18.2 Å². The molecule has 148 valence electrons. The van der Waals surface area contributed by atoms with Crippen LogP contribution in [-0.2, 0) is 11.3 Å². The van der Waals surface area contributed by atoms with Crippen LogP contribution in [0.4, 0.5) is 0 Å². The lowest BCUT2D eigenvalue weighted by Gasteiger charge is -2.32. The Kier molecular flexibility index (Phi) is 9.19. The second kappa shape index (κ2) is 10.6. The van der Waals surface area contributed by atoms with Gasteiger partial charge in [-0.05, 0) is 38.5 Å². The summed E-state index contributed by atoms with van der Waals surface area (Å²) in [6, 6.07) is 6.50. The molecular weight excluding hydrogens is 354 g/mol. The van der Waals surface area contributed by atoms with E-state index in [1.165, 1.54) is 10.5 Å². The van der Waals surface area contributed by atoms with Gasteiger partial charge in [0.25, 0.3) is 5.91 Å². The van der Waals surface area contributed by atoms with Gasteiger partial charge in [-0.2, -0.15) is 0 Å². The number of hydrogen-bond acceptors (Lipinski definition) is 5. The highest BCUT2D eigenvalue weighted by atomic mass is 35.5. The Morgan fingerprint density at radius 3 is 2.73 bits per heavy atom. The predicted molar refractivity (Wildman–Crippen MR) is 106 cm³/mol. The average Bonchev–Trinajstić information content (AvgIpc) is 2.56. The SMILES string of the molecule is CCOc1cc(CN2CCN[C@@H](C)C2)ccc1OC(C)C(=O)N(C)C.Cl. The summed E-state index contributed by atoms with van der Waals surface area (Å²) in [7, 11) is 3.45. The fraction of sp³-hybridized carbons (Fsp3) is 0.632. The van der Waals surface area contributed by atoms with E-state index in [0.717, 1.165) is 26.2 Å². The molecule has 0 spiro atoms. The molecule has 6 nitrogen and oxygen atoms in total. The van der Waals surface area contributed by atoms with Crippen molar-refractivity contribution in [3.8, 4) is 11.5 Å². The lowest BCUT2D eigenvalue weighted by Crippen LogP contribution is -2.48. The quantitative estimate of drug-likeness (QED) is 0.779. The van der Waals surface area contributed by atoms with E-state index in [4.69, 9.17) is 9.47 Å². The van der Waals surface area contributed by atoms with Crippen molar-refractivity contribution in [3.05, 3.63) is 23.8 Å². The topological polar surface area (TPSA) is 54.0 Å². The Balaban J connectivity index is 0.00000338. The third-order valence-electron chi connectivity index (χ3n) is 4.26. The molecule has 0 radical (unpaired) electrons. The van der Waals surface area contributed by atoms with Crippen LogP contribution >= 0.6 is 12.4 Å². The van der Waals surface area contributed by atoms with Crippen LogP contribution in [0.5, 0.6) is 11.5 Å². The summed E-state index contributed by atoms with van der Waals surface area (Å²) in [4.78, 5) is 16.0. The molecule has 1 fully saturated rings. The highest BCUT2D eigenvalue weighted by Gasteiger charge is 2.20. The first-order valence-corrected chi connectivity index (χ1v) is 9.00.